The maximum atomic E-state index is 11.6. The molecule has 5 nitrogen and oxygen atoms in total. The smallest absolute Gasteiger partial charge is 0.333 e. The van der Waals surface area contributed by atoms with Crippen molar-refractivity contribution in [3.63, 3.8) is 0 Å². The molecule has 5 heteroatoms. The Morgan fingerprint density at radius 2 is 1.46 bits per heavy atom. The Labute approximate surface area is 165 Å². The van der Waals surface area contributed by atoms with Crippen LogP contribution < -0.4 is 9.47 Å². The summed E-state index contributed by atoms with van der Waals surface area (Å²) in [6, 6.07) is 8.06. The zero-order valence-corrected chi connectivity index (χ0v) is 16.5. The topological polar surface area (TPSA) is 54.0 Å². The Balaban J connectivity index is 1.91. The fourth-order valence-corrected chi connectivity index (χ4v) is 3.27. The average molecular weight is 382 g/mol. The molecule has 1 aliphatic rings. The van der Waals surface area contributed by atoms with E-state index >= 15 is 0 Å². The molecule has 2 aromatic rings. The molecule has 0 bridgehead atoms. The maximum absolute atomic E-state index is 11.6. The number of ether oxygens (including phenoxy) is 4. The fourth-order valence-electron chi connectivity index (χ4n) is 3.27. The second kappa shape index (κ2) is 9.42. The number of fused-ring (bicyclic) bond motifs is 2. The van der Waals surface area contributed by atoms with E-state index in [1.165, 1.54) is 0 Å². The molecule has 0 saturated carbocycles. The van der Waals surface area contributed by atoms with Gasteiger partial charge in [0.25, 0.3) is 0 Å². The Morgan fingerprint density at radius 1 is 0.929 bits per heavy atom. The van der Waals surface area contributed by atoms with Gasteiger partial charge < -0.3 is 18.9 Å². The molecule has 0 fully saturated rings. The second-order valence-electron chi connectivity index (χ2n) is 6.65. The van der Waals surface area contributed by atoms with Gasteiger partial charge >= 0.3 is 5.97 Å². The molecule has 0 saturated heterocycles. The maximum Gasteiger partial charge on any atom is 0.333 e. The third-order valence-corrected chi connectivity index (χ3v) is 4.58. The van der Waals surface area contributed by atoms with E-state index < -0.39 is 5.97 Å². The van der Waals surface area contributed by atoms with Crippen LogP contribution in [-0.4, -0.2) is 39.5 Å². The number of methoxy groups -OCH3 is 1. The minimum absolute atomic E-state index is 0.177. The molecule has 0 N–H and O–H groups in total. The Hall–Kier alpha value is -2.79. The number of benzene rings is 2. The molecule has 0 spiro atoms. The molecule has 0 aromatic heterocycles. The SMILES string of the molecule is C=C(C)C(=O)OCCOc1c2c(c(OCCOC)c3ccccc13)CC=CC2. The lowest BCUT2D eigenvalue weighted by molar-refractivity contribution is -0.139. The lowest BCUT2D eigenvalue weighted by atomic mass is 9.90. The molecule has 0 radical (unpaired) electrons. The summed E-state index contributed by atoms with van der Waals surface area (Å²) in [5.74, 6) is 1.33. The van der Waals surface area contributed by atoms with Crippen LogP contribution in [0.4, 0.5) is 0 Å². The van der Waals surface area contributed by atoms with E-state index in [9.17, 15) is 4.79 Å². The van der Waals surface area contributed by atoms with Gasteiger partial charge in [-0.3, -0.25) is 0 Å². The normalized spacial score (nSPS) is 12.5. The zero-order valence-electron chi connectivity index (χ0n) is 16.5. The van der Waals surface area contributed by atoms with Crippen LogP contribution in [0.5, 0.6) is 11.5 Å². The van der Waals surface area contributed by atoms with Gasteiger partial charge in [0.1, 0.15) is 31.3 Å². The van der Waals surface area contributed by atoms with Crippen molar-refractivity contribution < 1.29 is 23.7 Å². The molecule has 0 heterocycles. The van der Waals surface area contributed by atoms with E-state index in [2.05, 4.69) is 18.7 Å². The average Bonchev–Trinajstić information content (AvgIpc) is 2.71. The van der Waals surface area contributed by atoms with E-state index in [4.69, 9.17) is 18.9 Å². The first-order chi connectivity index (χ1) is 13.6. The Morgan fingerprint density at radius 3 is 1.96 bits per heavy atom. The van der Waals surface area contributed by atoms with Gasteiger partial charge in [-0.05, 0) is 19.8 Å². The lowest BCUT2D eigenvalue weighted by Crippen LogP contribution is -2.15. The third kappa shape index (κ3) is 4.37. The Bertz CT molecular complexity index is 897. The summed E-state index contributed by atoms with van der Waals surface area (Å²) in [5, 5.41) is 2.01. The van der Waals surface area contributed by atoms with Crippen LogP contribution in [0.1, 0.15) is 18.1 Å². The van der Waals surface area contributed by atoms with Gasteiger partial charge in [-0.25, -0.2) is 4.79 Å². The fraction of sp³-hybridized carbons (Fsp3) is 0.348. The number of hydrogen-bond donors (Lipinski definition) is 0. The summed E-state index contributed by atoms with van der Waals surface area (Å²) < 4.78 is 22.5. The first kappa shape index (κ1) is 20.0. The summed E-state index contributed by atoms with van der Waals surface area (Å²) in [6.07, 6.45) is 5.87. The van der Waals surface area contributed by atoms with Crippen molar-refractivity contribution in [1.82, 2.24) is 0 Å². The van der Waals surface area contributed by atoms with Crippen molar-refractivity contribution in [2.45, 2.75) is 19.8 Å². The van der Waals surface area contributed by atoms with Crippen LogP contribution in [0.3, 0.4) is 0 Å². The van der Waals surface area contributed by atoms with Gasteiger partial charge in [0, 0.05) is 34.6 Å². The second-order valence-corrected chi connectivity index (χ2v) is 6.65. The molecule has 0 atom stereocenters. The van der Waals surface area contributed by atoms with E-state index in [0.29, 0.717) is 18.8 Å². The van der Waals surface area contributed by atoms with Crippen LogP contribution in [0.15, 0.2) is 48.6 Å². The first-order valence-corrected chi connectivity index (χ1v) is 9.42. The largest absolute Gasteiger partial charge is 0.490 e. The predicted molar refractivity (Wildman–Crippen MR) is 109 cm³/mol. The molecular formula is C23H26O5. The molecule has 28 heavy (non-hydrogen) atoms. The van der Waals surface area contributed by atoms with Gasteiger partial charge in [-0.1, -0.05) is 43.0 Å². The van der Waals surface area contributed by atoms with E-state index in [1.54, 1.807) is 14.0 Å². The van der Waals surface area contributed by atoms with Crippen molar-refractivity contribution in [3.05, 3.63) is 59.7 Å². The van der Waals surface area contributed by atoms with Crippen molar-refractivity contribution in [2.24, 2.45) is 0 Å². The highest BCUT2D eigenvalue weighted by molar-refractivity contribution is 5.96. The van der Waals surface area contributed by atoms with Crippen LogP contribution in [0.2, 0.25) is 0 Å². The third-order valence-electron chi connectivity index (χ3n) is 4.58. The molecule has 1 aliphatic carbocycles. The minimum Gasteiger partial charge on any atom is -0.490 e. The summed E-state index contributed by atoms with van der Waals surface area (Å²) in [7, 11) is 1.66. The molecular weight excluding hydrogens is 356 g/mol. The van der Waals surface area contributed by atoms with Crippen molar-refractivity contribution in [3.8, 4) is 11.5 Å². The van der Waals surface area contributed by atoms with Gasteiger partial charge in [-0.15, -0.1) is 0 Å². The van der Waals surface area contributed by atoms with Gasteiger partial charge in [0.15, 0.2) is 0 Å². The summed E-state index contributed by atoms with van der Waals surface area (Å²) in [4.78, 5) is 11.6. The van der Waals surface area contributed by atoms with Gasteiger partial charge in [0.05, 0.1) is 6.61 Å². The molecule has 2 aromatic carbocycles. The number of hydrogen-bond acceptors (Lipinski definition) is 5. The van der Waals surface area contributed by atoms with Crippen LogP contribution in [0, 0.1) is 0 Å². The van der Waals surface area contributed by atoms with Crippen molar-refractivity contribution in [1.29, 1.82) is 0 Å². The minimum atomic E-state index is -0.402. The summed E-state index contributed by atoms with van der Waals surface area (Å²) in [6.45, 7) is 6.70. The Kier molecular flexibility index (Phi) is 6.71. The van der Waals surface area contributed by atoms with E-state index in [-0.39, 0.29) is 13.2 Å². The molecule has 3 rings (SSSR count). The first-order valence-electron chi connectivity index (χ1n) is 9.42. The predicted octanol–water partition coefficient (Wildman–Crippen LogP) is 4.02. The van der Waals surface area contributed by atoms with Crippen LogP contribution in [-0.2, 0) is 27.1 Å². The number of rotatable bonds is 9. The standard InChI is InChI=1S/C23H26O5/c1-16(2)23(24)28-15-14-27-22-19-10-6-4-8-17(19)21(26-13-12-25-3)18-9-5-7-11-20(18)22/h4-8,10H,1,9,11-15H2,2-3H3. The summed E-state index contributed by atoms with van der Waals surface area (Å²) in [5.41, 5.74) is 2.65. The van der Waals surface area contributed by atoms with E-state index in [1.807, 2.05) is 24.3 Å². The molecule has 0 amide bonds. The number of carbonyl (C=O) groups excluding carboxylic acids is 1. The number of allylic oxidation sites excluding steroid dienone is 2. The van der Waals surface area contributed by atoms with Crippen molar-refractivity contribution in [2.75, 3.05) is 33.5 Å². The lowest BCUT2D eigenvalue weighted by Gasteiger charge is -2.23. The summed E-state index contributed by atoms with van der Waals surface area (Å²) >= 11 is 0. The van der Waals surface area contributed by atoms with Crippen molar-refractivity contribution >= 4 is 16.7 Å². The molecule has 148 valence electrons. The molecule has 0 unspecified atom stereocenters. The quantitative estimate of drug-likeness (QED) is 0.284. The van der Waals surface area contributed by atoms with Gasteiger partial charge in [-0.2, -0.15) is 0 Å². The van der Waals surface area contributed by atoms with E-state index in [0.717, 1.165) is 46.2 Å². The highest BCUT2D eigenvalue weighted by Crippen LogP contribution is 2.43. The molecule has 0 aliphatic heterocycles. The van der Waals surface area contributed by atoms with Gasteiger partial charge in [0.2, 0.25) is 0 Å². The van der Waals surface area contributed by atoms with Crippen LogP contribution >= 0.6 is 0 Å². The number of esters is 1. The zero-order chi connectivity index (χ0) is 19.9. The van der Waals surface area contributed by atoms with Crippen LogP contribution in [0.25, 0.3) is 10.8 Å². The highest BCUT2D eigenvalue weighted by atomic mass is 16.6. The highest BCUT2D eigenvalue weighted by Gasteiger charge is 2.22. The number of carbonyl (C=O) groups is 1. The monoisotopic (exact) mass is 382 g/mol.